The van der Waals surface area contributed by atoms with E-state index in [4.69, 9.17) is 4.74 Å². The molecule has 0 unspecified atom stereocenters. The van der Waals surface area contributed by atoms with Crippen LogP contribution in [0.25, 0.3) is 11.1 Å². The van der Waals surface area contributed by atoms with E-state index in [1.165, 1.54) is 6.07 Å². The highest BCUT2D eigenvalue weighted by atomic mass is 32.1. The number of aliphatic hydroxyl groups is 1. The lowest BCUT2D eigenvalue weighted by Crippen LogP contribution is -2.36. The number of nitrogens with one attached hydrogen (secondary N) is 1. The summed E-state index contributed by atoms with van der Waals surface area (Å²) >= 11 is 0. The minimum Gasteiger partial charge on any atom is -0.381 e. The summed E-state index contributed by atoms with van der Waals surface area (Å²) in [6.07, 6.45) is -2.82. The molecule has 3 aromatic rings. The fourth-order valence-electron chi connectivity index (χ4n) is 3.86. The number of halogens is 3. The van der Waals surface area contributed by atoms with Crippen LogP contribution in [0.15, 0.2) is 48.8 Å². The largest absolute Gasteiger partial charge is 0.433 e. The summed E-state index contributed by atoms with van der Waals surface area (Å²) < 4.78 is 44.4. The summed E-state index contributed by atoms with van der Waals surface area (Å²) in [6.45, 7) is 5.95. The number of amides is 1. The average molecular weight is 545 g/mol. The van der Waals surface area contributed by atoms with Crippen molar-refractivity contribution < 1.29 is 27.8 Å². The summed E-state index contributed by atoms with van der Waals surface area (Å²) in [6, 6.07) is 9.15. The molecule has 4 rings (SSSR count). The van der Waals surface area contributed by atoms with E-state index in [9.17, 15) is 23.1 Å². The Labute approximate surface area is 225 Å². The Hall–Kier alpha value is -3.59. The first kappa shape index (κ1) is 29.0. The normalized spacial score (nSPS) is 14.1. The van der Waals surface area contributed by atoms with Gasteiger partial charge in [-0.3, -0.25) is 9.78 Å². The molecule has 2 aromatic heterocycles. The molecular formula is C27H27F3N4O3S. The first-order valence-electron chi connectivity index (χ1n) is 11.6. The number of benzene rings is 1. The molecule has 1 saturated heterocycles. The Balaban J connectivity index is 0.00000400. The Morgan fingerprint density at radius 3 is 2.58 bits per heavy atom. The van der Waals surface area contributed by atoms with Gasteiger partial charge < -0.3 is 20.1 Å². The number of carbonyl (C=O) groups is 1. The van der Waals surface area contributed by atoms with Crippen LogP contribution in [0.3, 0.4) is 0 Å². The standard InChI is InChI=1S/C27H25F3N4O3.H2S/c1-17-3-5-21(33-26(36)19-7-8-31-25(14-19)27(28,29)30)15-22(17)20-13-24(34-9-11-37-12-10-34)23(32-16-20)6-4-18(2)35;/h3,5,7-8,13-16,18,35H,9-12H2,1-2H3,(H,33,36);1H2/t18-;/m0./s1. The number of hydrogen-bond donors (Lipinski definition) is 2. The molecular weight excluding hydrogens is 517 g/mol. The van der Waals surface area contributed by atoms with Gasteiger partial charge >= 0.3 is 6.18 Å². The third-order valence-corrected chi connectivity index (χ3v) is 5.74. The number of aromatic nitrogens is 2. The summed E-state index contributed by atoms with van der Waals surface area (Å²) in [5.41, 5.74) is 2.96. The van der Waals surface area contributed by atoms with Crippen molar-refractivity contribution in [1.29, 1.82) is 0 Å². The number of alkyl halides is 3. The zero-order chi connectivity index (χ0) is 26.6. The zero-order valence-electron chi connectivity index (χ0n) is 20.8. The number of pyridine rings is 2. The third-order valence-electron chi connectivity index (χ3n) is 5.74. The zero-order valence-corrected chi connectivity index (χ0v) is 21.8. The first-order chi connectivity index (χ1) is 17.6. The predicted molar refractivity (Wildman–Crippen MR) is 144 cm³/mol. The van der Waals surface area contributed by atoms with Gasteiger partial charge in [-0.1, -0.05) is 12.0 Å². The number of anilines is 2. The highest BCUT2D eigenvalue weighted by Gasteiger charge is 2.33. The lowest BCUT2D eigenvalue weighted by molar-refractivity contribution is -0.141. The number of hydrogen-bond acceptors (Lipinski definition) is 6. The fraction of sp³-hybridized carbons (Fsp3) is 0.296. The lowest BCUT2D eigenvalue weighted by Gasteiger charge is -2.29. The Morgan fingerprint density at radius 2 is 1.89 bits per heavy atom. The van der Waals surface area contributed by atoms with Gasteiger partial charge in [0.25, 0.3) is 5.91 Å². The van der Waals surface area contributed by atoms with Crippen LogP contribution in [0.4, 0.5) is 24.5 Å². The van der Waals surface area contributed by atoms with Gasteiger partial charge in [0.05, 0.1) is 18.9 Å². The minimum absolute atomic E-state index is 0. The monoisotopic (exact) mass is 544 g/mol. The van der Waals surface area contributed by atoms with Crippen molar-refractivity contribution in [2.75, 3.05) is 36.5 Å². The van der Waals surface area contributed by atoms with E-state index in [0.717, 1.165) is 34.6 Å². The molecule has 0 aliphatic carbocycles. The summed E-state index contributed by atoms with van der Waals surface area (Å²) in [4.78, 5) is 22.6. The van der Waals surface area contributed by atoms with E-state index in [1.54, 1.807) is 25.3 Å². The summed E-state index contributed by atoms with van der Waals surface area (Å²) in [5.74, 6) is 4.99. The highest BCUT2D eigenvalue weighted by molar-refractivity contribution is 7.59. The van der Waals surface area contributed by atoms with Crippen molar-refractivity contribution in [3.63, 3.8) is 0 Å². The van der Waals surface area contributed by atoms with Crippen LogP contribution >= 0.6 is 13.5 Å². The Kier molecular flexibility index (Phi) is 9.38. The molecule has 3 heterocycles. The molecule has 1 aliphatic heterocycles. The van der Waals surface area contributed by atoms with Gasteiger partial charge in [-0.05, 0) is 61.2 Å². The van der Waals surface area contributed by atoms with Crippen molar-refractivity contribution in [2.45, 2.75) is 26.1 Å². The highest BCUT2D eigenvalue weighted by Crippen LogP contribution is 2.32. The molecule has 0 radical (unpaired) electrons. The summed E-state index contributed by atoms with van der Waals surface area (Å²) in [5, 5.41) is 12.3. The number of aliphatic hydroxyl groups excluding tert-OH is 1. The molecule has 38 heavy (non-hydrogen) atoms. The number of ether oxygens (including phenoxy) is 1. The number of morpholine rings is 1. The quantitative estimate of drug-likeness (QED) is 0.474. The van der Waals surface area contributed by atoms with Crippen LogP contribution in [0.1, 0.15) is 34.2 Å². The fourth-order valence-corrected chi connectivity index (χ4v) is 3.86. The molecule has 0 bridgehead atoms. The van der Waals surface area contributed by atoms with Crippen LogP contribution in [-0.4, -0.2) is 53.4 Å². The number of aryl methyl sites for hydroxylation is 1. The van der Waals surface area contributed by atoms with E-state index in [1.807, 2.05) is 19.1 Å². The van der Waals surface area contributed by atoms with Gasteiger partial charge in [0.2, 0.25) is 0 Å². The number of nitrogens with zero attached hydrogens (tertiary/aromatic N) is 3. The van der Waals surface area contributed by atoms with Crippen molar-refractivity contribution in [3.05, 3.63) is 71.3 Å². The van der Waals surface area contributed by atoms with Gasteiger partial charge in [-0.2, -0.15) is 26.7 Å². The van der Waals surface area contributed by atoms with Crippen LogP contribution < -0.4 is 10.2 Å². The van der Waals surface area contributed by atoms with Gasteiger partial charge in [0.1, 0.15) is 17.5 Å². The SMILES string of the molecule is Cc1ccc(NC(=O)c2ccnc(C(F)(F)F)c2)cc1-c1cnc(C#C[C@H](C)O)c(N2CCOCC2)c1.S. The third kappa shape index (κ3) is 7.04. The molecule has 11 heteroatoms. The molecule has 0 spiro atoms. The van der Waals surface area contributed by atoms with E-state index in [2.05, 4.69) is 32.0 Å². The van der Waals surface area contributed by atoms with Gasteiger partial charge in [-0.25, -0.2) is 4.98 Å². The molecule has 2 N–H and O–H groups in total. The van der Waals surface area contributed by atoms with Gasteiger partial charge in [-0.15, -0.1) is 0 Å². The second kappa shape index (κ2) is 12.3. The Morgan fingerprint density at radius 1 is 1.16 bits per heavy atom. The van der Waals surface area contributed by atoms with E-state index >= 15 is 0 Å². The molecule has 1 aliphatic rings. The van der Waals surface area contributed by atoms with E-state index in [0.29, 0.717) is 37.7 Å². The van der Waals surface area contributed by atoms with Gasteiger partial charge in [0, 0.05) is 42.3 Å². The van der Waals surface area contributed by atoms with Crippen LogP contribution in [0, 0.1) is 18.8 Å². The van der Waals surface area contributed by atoms with Crippen molar-refractivity contribution in [3.8, 4) is 23.0 Å². The van der Waals surface area contributed by atoms with Crippen LogP contribution in [0.5, 0.6) is 0 Å². The maximum absolute atomic E-state index is 13.0. The predicted octanol–water partition coefficient (Wildman–Crippen LogP) is 4.40. The minimum atomic E-state index is -4.65. The van der Waals surface area contributed by atoms with Crippen LogP contribution in [0.2, 0.25) is 0 Å². The maximum atomic E-state index is 13.0. The smallest absolute Gasteiger partial charge is 0.381 e. The van der Waals surface area contributed by atoms with Crippen molar-refractivity contribution in [2.24, 2.45) is 0 Å². The van der Waals surface area contributed by atoms with Crippen molar-refractivity contribution in [1.82, 2.24) is 9.97 Å². The van der Waals surface area contributed by atoms with E-state index < -0.39 is 23.9 Å². The second-order valence-electron chi connectivity index (χ2n) is 8.55. The van der Waals surface area contributed by atoms with E-state index in [-0.39, 0.29) is 19.1 Å². The molecule has 200 valence electrons. The second-order valence-corrected chi connectivity index (χ2v) is 8.55. The number of carbonyl (C=O) groups excluding carboxylic acids is 1. The van der Waals surface area contributed by atoms with Gasteiger partial charge in [0.15, 0.2) is 0 Å². The number of rotatable bonds is 4. The molecule has 0 saturated carbocycles. The maximum Gasteiger partial charge on any atom is 0.433 e. The molecule has 1 aromatic carbocycles. The van der Waals surface area contributed by atoms with Crippen molar-refractivity contribution >= 4 is 30.8 Å². The molecule has 1 fully saturated rings. The lowest BCUT2D eigenvalue weighted by atomic mass is 10.00. The average Bonchev–Trinajstić information content (AvgIpc) is 2.88. The molecule has 7 nitrogen and oxygen atoms in total. The topological polar surface area (TPSA) is 87.6 Å². The Bertz CT molecular complexity index is 1360. The summed E-state index contributed by atoms with van der Waals surface area (Å²) in [7, 11) is 0. The molecule has 1 amide bonds. The molecule has 1 atom stereocenters. The first-order valence-corrected chi connectivity index (χ1v) is 11.6. The van der Waals surface area contributed by atoms with Crippen LogP contribution in [-0.2, 0) is 10.9 Å².